The minimum Gasteiger partial charge on any atom is -0.294 e. The van der Waals surface area contributed by atoms with Crippen LogP contribution < -0.4 is 0 Å². The molecule has 0 radical (unpaired) electrons. The van der Waals surface area contributed by atoms with E-state index in [1.54, 1.807) is 18.3 Å². The lowest BCUT2D eigenvalue weighted by Gasteiger charge is -2.16. The van der Waals surface area contributed by atoms with Crippen LogP contribution in [0.25, 0.3) is 0 Å². The van der Waals surface area contributed by atoms with E-state index >= 15 is 0 Å². The van der Waals surface area contributed by atoms with Crippen molar-refractivity contribution in [2.45, 2.75) is 32.2 Å². The number of Topliss-reactive ketones (excluding diaryl/α,β-unsaturated/α-hetero) is 1. The van der Waals surface area contributed by atoms with Crippen LogP contribution in [0.5, 0.6) is 0 Å². The molecule has 1 aromatic heterocycles. The lowest BCUT2D eigenvalue weighted by atomic mass is 9.94. The number of carbonyl (C=O) groups is 1. The normalized spacial score (nSPS) is 19.1. The van der Waals surface area contributed by atoms with Gasteiger partial charge in [0.1, 0.15) is 0 Å². The van der Waals surface area contributed by atoms with E-state index in [1.807, 2.05) is 6.07 Å². The number of thiophene rings is 1. The van der Waals surface area contributed by atoms with Crippen molar-refractivity contribution in [3.8, 4) is 0 Å². The van der Waals surface area contributed by atoms with Crippen molar-refractivity contribution < 1.29 is 4.79 Å². The second-order valence-electron chi connectivity index (χ2n) is 3.67. The van der Waals surface area contributed by atoms with Crippen LogP contribution in [-0.4, -0.2) is 10.9 Å². The number of nitrogens with zero attached hydrogens (tertiary/aromatic N) is 1. The SMILES string of the molecule is CC(=O)c1cc2c(s1)CCCC2N=C=S. The third-order valence-corrected chi connectivity index (χ3v) is 4.05. The zero-order valence-electron chi connectivity index (χ0n) is 8.45. The summed E-state index contributed by atoms with van der Waals surface area (Å²) in [6.45, 7) is 1.61. The highest BCUT2D eigenvalue weighted by molar-refractivity contribution is 7.78. The summed E-state index contributed by atoms with van der Waals surface area (Å²) in [5.74, 6) is 0.138. The minimum atomic E-state index is 0.135. The van der Waals surface area contributed by atoms with Gasteiger partial charge in [-0.15, -0.1) is 11.3 Å². The van der Waals surface area contributed by atoms with Crippen LogP contribution in [0.15, 0.2) is 11.1 Å². The third kappa shape index (κ3) is 2.07. The van der Waals surface area contributed by atoms with Crippen LogP contribution in [0, 0.1) is 0 Å². The Morgan fingerprint density at radius 1 is 1.73 bits per heavy atom. The standard InChI is InChI=1S/C11H11NOS2/c1-7(13)11-5-8-9(12-6-14)3-2-4-10(8)15-11/h5,9H,2-4H2,1H3. The summed E-state index contributed by atoms with van der Waals surface area (Å²) in [6.07, 6.45) is 3.21. The maximum atomic E-state index is 11.3. The first kappa shape index (κ1) is 10.7. The summed E-state index contributed by atoms with van der Waals surface area (Å²) in [5, 5.41) is 2.44. The molecule has 1 aromatic rings. The highest BCUT2D eigenvalue weighted by Crippen LogP contribution is 2.37. The smallest absolute Gasteiger partial charge is 0.169 e. The van der Waals surface area contributed by atoms with Gasteiger partial charge < -0.3 is 0 Å². The summed E-state index contributed by atoms with van der Waals surface area (Å²) in [7, 11) is 0. The molecule has 15 heavy (non-hydrogen) atoms. The van der Waals surface area contributed by atoms with Gasteiger partial charge >= 0.3 is 0 Å². The zero-order valence-corrected chi connectivity index (χ0v) is 10.1. The molecule has 2 rings (SSSR count). The number of aliphatic imine (C=N–C) groups is 1. The Bertz CT molecular complexity index is 443. The van der Waals surface area contributed by atoms with Crippen molar-refractivity contribution in [2.24, 2.45) is 4.99 Å². The summed E-state index contributed by atoms with van der Waals surface area (Å²) in [5.41, 5.74) is 1.19. The maximum absolute atomic E-state index is 11.3. The number of fused-ring (bicyclic) bond motifs is 1. The summed E-state index contributed by atoms with van der Waals surface area (Å²) in [6, 6.07) is 2.11. The fourth-order valence-corrected chi connectivity index (χ4v) is 3.18. The second kappa shape index (κ2) is 4.35. The Morgan fingerprint density at radius 2 is 2.53 bits per heavy atom. The van der Waals surface area contributed by atoms with Crippen LogP contribution in [0.4, 0.5) is 0 Å². The molecular weight excluding hydrogens is 226 g/mol. The number of isothiocyanates is 1. The molecule has 0 bridgehead atoms. The second-order valence-corrected chi connectivity index (χ2v) is 4.99. The molecule has 1 aliphatic carbocycles. The summed E-state index contributed by atoms with van der Waals surface area (Å²) in [4.78, 5) is 17.6. The van der Waals surface area contributed by atoms with Gasteiger partial charge in [-0.2, -0.15) is 0 Å². The van der Waals surface area contributed by atoms with Gasteiger partial charge in [0.15, 0.2) is 5.78 Å². The predicted molar refractivity (Wildman–Crippen MR) is 65.0 cm³/mol. The third-order valence-electron chi connectivity index (χ3n) is 2.64. The van der Waals surface area contributed by atoms with E-state index in [9.17, 15) is 4.79 Å². The molecule has 1 aliphatic rings. The van der Waals surface area contributed by atoms with Crippen molar-refractivity contribution in [3.63, 3.8) is 0 Å². The highest BCUT2D eigenvalue weighted by Gasteiger charge is 2.23. The van der Waals surface area contributed by atoms with Gasteiger partial charge in [0, 0.05) is 4.88 Å². The lowest BCUT2D eigenvalue weighted by Crippen LogP contribution is -2.04. The first-order valence-corrected chi connectivity index (χ1v) is 6.15. The molecule has 4 heteroatoms. The van der Waals surface area contributed by atoms with Crippen molar-refractivity contribution in [1.29, 1.82) is 0 Å². The summed E-state index contributed by atoms with van der Waals surface area (Å²) < 4.78 is 0. The number of hydrogen-bond donors (Lipinski definition) is 0. The largest absolute Gasteiger partial charge is 0.294 e. The van der Waals surface area contributed by atoms with Gasteiger partial charge in [-0.3, -0.25) is 4.79 Å². The molecule has 0 N–H and O–H groups in total. The lowest BCUT2D eigenvalue weighted by molar-refractivity contribution is 0.102. The van der Waals surface area contributed by atoms with Crippen molar-refractivity contribution in [1.82, 2.24) is 0 Å². The monoisotopic (exact) mass is 237 g/mol. The van der Waals surface area contributed by atoms with E-state index < -0.39 is 0 Å². The van der Waals surface area contributed by atoms with Crippen molar-refractivity contribution in [3.05, 3.63) is 21.4 Å². The van der Waals surface area contributed by atoms with Gasteiger partial charge in [0.25, 0.3) is 0 Å². The number of carbonyl (C=O) groups excluding carboxylic acids is 1. The first-order valence-electron chi connectivity index (χ1n) is 4.93. The molecule has 0 amide bonds. The quantitative estimate of drug-likeness (QED) is 0.448. The highest BCUT2D eigenvalue weighted by atomic mass is 32.1. The van der Waals surface area contributed by atoms with Gasteiger partial charge in [0.05, 0.1) is 16.1 Å². The average Bonchev–Trinajstić information content (AvgIpc) is 2.63. The van der Waals surface area contributed by atoms with Gasteiger partial charge in [0.2, 0.25) is 0 Å². The molecule has 1 heterocycles. The molecular formula is C11H11NOS2. The zero-order chi connectivity index (χ0) is 10.8. The Labute approximate surface area is 98.0 Å². The molecule has 1 unspecified atom stereocenters. The summed E-state index contributed by atoms with van der Waals surface area (Å²) >= 11 is 6.24. The van der Waals surface area contributed by atoms with Crippen LogP contribution in [0.3, 0.4) is 0 Å². The molecule has 0 aromatic carbocycles. The van der Waals surface area contributed by atoms with Crippen molar-refractivity contribution >= 4 is 34.5 Å². The Kier molecular flexibility index (Phi) is 3.10. The molecule has 78 valence electrons. The first-order chi connectivity index (χ1) is 7.22. The Balaban J connectivity index is 2.42. The van der Waals surface area contributed by atoms with E-state index in [0.717, 1.165) is 24.1 Å². The number of rotatable bonds is 2. The average molecular weight is 237 g/mol. The van der Waals surface area contributed by atoms with Gasteiger partial charge in [-0.25, -0.2) is 4.99 Å². The number of aryl methyl sites for hydroxylation is 1. The van der Waals surface area contributed by atoms with E-state index in [-0.39, 0.29) is 11.8 Å². The van der Waals surface area contributed by atoms with E-state index in [1.165, 1.54) is 10.4 Å². The van der Waals surface area contributed by atoms with Gasteiger partial charge in [-0.1, -0.05) is 0 Å². The number of thiocarbonyl (C=S) groups is 1. The van der Waals surface area contributed by atoms with Crippen LogP contribution in [0.1, 0.15) is 45.9 Å². The number of hydrogen-bond acceptors (Lipinski definition) is 4. The molecule has 0 fully saturated rings. The number of ketones is 1. The van der Waals surface area contributed by atoms with Gasteiger partial charge in [-0.05, 0) is 50.0 Å². The van der Waals surface area contributed by atoms with E-state index in [2.05, 4.69) is 22.4 Å². The van der Waals surface area contributed by atoms with E-state index in [4.69, 9.17) is 0 Å². The minimum absolute atomic E-state index is 0.135. The molecule has 0 saturated heterocycles. The van der Waals surface area contributed by atoms with E-state index in [0.29, 0.717) is 0 Å². The van der Waals surface area contributed by atoms with Crippen LogP contribution in [-0.2, 0) is 6.42 Å². The fraction of sp³-hybridized carbons (Fsp3) is 0.455. The fourth-order valence-electron chi connectivity index (χ4n) is 1.90. The van der Waals surface area contributed by atoms with Crippen molar-refractivity contribution in [2.75, 3.05) is 0 Å². The molecule has 0 spiro atoms. The topological polar surface area (TPSA) is 29.4 Å². The Hall–Kier alpha value is -0.830. The van der Waals surface area contributed by atoms with Crippen LogP contribution in [0.2, 0.25) is 0 Å². The maximum Gasteiger partial charge on any atom is 0.169 e. The Morgan fingerprint density at radius 3 is 3.20 bits per heavy atom. The molecule has 0 aliphatic heterocycles. The van der Waals surface area contributed by atoms with Crippen LogP contribution >= 0.6 is 23.6 Å². The predicted octanol–water partition coefficient (Wildman–Crippen LogP) is 3.43. The molecule has 1 atom stereocenters. The molecule has 0 saturated carbocycles. The molecule has 2 nitrogen and oxygen atoms in total.